The van der Waals surface area contributed by atoms with Crippen LogP contribution in [0.2, 0.25) is 0 Å². The summed E-state index contributed by atoms with van der Waals surface area (Å²) in [5.41, 5.74) is 4.91. The van der Waals surface area contributed by atoms with Gasteiger partial charge in [-0.15, -0.1) is 0 Å². The molecule has 7 nitrogen and oxygen atoms in total. The average molecular weight is 447 g/mol. The second-order valence-electron chi connectivity index (χ2n) is 8.74. The molecule has 0 N–H and O–H groups in total. The number of hydrogen-bond acceptors (Lipinski definition) is 7. The maximum atomic E-state index is 5.34. The van der Waals surface area contributed by atoms with Crippen molar-refractivity contribution in [3.05, 3.63) is 77.2 Å². The van der Waals surface area contributed by atoms with Gasteiger partial charge in [-0.25, -0.2) is 4.98 Å². The van der Waals surface area contributed by atoms with E-state index < -0.39 is 0 Å². The normalized spacial score (nSPS) is 13.5. The Bertz CT molecular complexity index is 1010. The van der Waals surface area contributed by atoms with E-state index in [0.29, 0.717) is 0 Å². The number of hydrogen-bond donors (Lipinski definition) is 0. The zero-order valence-electron chi connectivity index (χ0n) is 19.9. The summed E-state index contributed by atoms with van der Waals surface area (Å²) >= 11 is 0. The van der Waals surface area contributed by atoms with Crippen LogP contribution in [0.25, 0.3) is 0 Å². The third-order valence-electron chi connectivity index (χ3n) is 5.93. The summed E-state index contributed by atoms with van der Waals surface area (Å²) < 4.78 is 5.34. The van der Waals surface area contributed by atoms with Crippen molar-refractivity contribution >= 4 is 11.8 Å². The van der Waals surface area contributed by atoms with E-state index in [9.17, 15) is 0 Å². The SMILES string of the molecule is COCCCN(Cc1cccnc1)c1nc(N(C)C)nc2c1CCN(Cc1ccccc1)C2. The summed E-state index contributed by atoms with van der Waals surface area (Å²) in [5, 5.41) is 0. The summed E-state index contributed by atoms with van der Waals surface area (Å²) in [6, 6.07) is 14.8. The molecule has 0 saturated heterocycles. The van der Waals surface area contributed by atoms with E-state index in [1.165, 1.54) is 16.7 Å². The lowest BCUT2D eigenvalue weighted by Crippen LogP contribution is -2.35. The molecule has 0 amide bonds. The van der Waals surface area contributed by atoms with Crippen LogP contribution >= 0.6 is 0 Å². The highest BCUT2D eigenvalue weighted by atomic mass is 16.5. The molecule has 1 aliphatic heterocycles. The fourth-order valence-corrected chi connectivity index (χ4v) is 4.26. The molecule has 0 spiro atoms. The molecule has 174 valence electrons. The first kappa shape index (κ1) is 23.1. The zero-order chi connectivity index (χ0) is 23.0. The van der Waals surface area contributed by atoms with Gasteiger partial charge in [0, 0.05) is 78.5 Å². The van der Waals surface area contributed by atoms with Crippen LogP contribution in [0.15, 0.2) is 54.9 Å². The van der Waals surface area contributed by atoms with E-state index >= 15 is 0 Å². The van der Waals surface area contributed by atoms with Crippen molar-refractivity contribution in [2.24, 2.45) is 0 Å². The molecule has 4 rings (SSSR count). The summed E-state index contributed by atoms with van der Waals surface area (Å²) in [7, 11) is 5.77. The second kappa shape index (κ2) is 11.2. The minimum atomic E-state index is 0.724. The van der Waals surface area contributed by atoms with Crippen molar-refractivity contribution in [2.45, 2.75) is 32.5 Å². The predicted octanol–water partition coefficient (Wildman–Crippen LogP) is 3.54. The number of aromatic nitrogens is 3. The minimum Gasteiger partial charge on any atom is -0.385 e. The third-order valence-corrected chi connectivity index (χ3v) is 5.93. The fourth-order valence-electron chi connectivity index (χ4n) is 4.26. The van der Waals surface area contributed by atoms with Crippen LogP contribution in [0.1, 0.15) is 28.8 Å². The Labute approximate surface area is 197 Å². The van der Waals surface area contributed by atoms with Gasteiger partial charge in [-0.3, -0.25) is 9.88 Å². The molecule has 1 aromatic carbocycles. The second-order valence-corrected chi connectivity index (χ2v) is 8.74. The van der Waals surface area contributed by atoms with Crippen LogP contribution < -0.4 is 9.80 Å². The standard InChI is InChI=1S/C26H34N6O/c1-30(2)26-28-24-20-31(18-21-9-5-4-6-10-21)15-12-23(24)25(29-26)32(14-8-16-33-3)19-22-11-7-13-27-17-22/h4-7,9-11,13,17H,8,12,14-16,18-20H2,1-3H3. The molecular formula is C26H34N6O. The van der Waals surface area contributed by atoms with Gasteiger partial charge in [0.05, 0.1) is 5.69 Å². The molecule has 0 atom stereocenters. The third kappa shape index (κ3) is 6.06. The molecule has 0 unspecified atom stereocenters. The topological polar surface area (TPSA) is 57.6 Å². The van der Waals surface area contributed by atoms with E-state index in [-0.39, 0.29) is 0 Å². The van der Waals surface area contributed by atoms with Crippen molar-refractivity contribution in [3.63, 3.8) is 0 Å². The summed E-state index contributed by atoms with van der Waals surface area (Å²) in [4.78, 5) is 21.1. The van der Waals surface area contributed by atoms with Crippen LogP contribution in [-0.4, -0.2) is 60.8 Å². The number of nitrogens with zero attached hydrogens (tertiary/aromatic N) is 6. The van der Waals surface area contributed by atoms with Crippen molar-refractivity contribution in [1.29, 1.82) is 0 Å². The number of pyridine rings is 1. The Morgan fingerprint density at radius 1 is 1.03 bits per heavy atom. The molecular weight excluding hydrogens is 412 g/mol. The summed E-state index contributed by atoms with van der Waals surface area (Å²) in [6.07, 6.45) is 5.63. The first-order chi connectivity index (χ1) is 16.1. The van der Waals surface area contributed by atoms with Crippen LogP contribution in [0.5, 0.6) is 0 Å². The summed E-state index contributed by atoms with van der Waals surface area (Å²) in [5.74, 6) is 1.80. The van der Waals surface area contributed by atoms with E-state index in [1.807, 2.05) is 37.5 Å². The molecule has 0 aliphatic carbocycles. The van der Waals surface area contributed by atoms with Gasteiger partial charge in [-0.2, -0.15) is 4.98 Å². The monoisotopic (exact) mass is 446 g/mol. The van der Waals surface area contributed by atoms with Crippen LogP contribution in [0.4, 0.5) is 11.8 Å². The molecule has 0 bridgehead atoms. The van der Waals surface area contributed by atoms with Gasteiger partial charge in [0.15, 0.2) is 0 Å². The Hall–Kier alpha value is -3.03. The van der Waals surface area contributed by atoms with Crippen molar-refractivity contribution in [3.8, 4) is 0 Å². The van der Waals surface area contributed by atoms with Gasteiger partial charge in [0.25, 0.3) is 0 Å². The fraction of sp³-hybridized carbons (Fsp3) is 0.423. The van der Waals surface area contributed by atoms with E-state index in [2.05, 4.69) is 51.2 Å². The van der Waals surface area contributed by atoms with Crippen LogP contribution in [-0.2, 0) is 30.8 Å². The largest absolute Gasteiger partial charge is 0.385 e. The zero-order valence-corrected chi connectivity index (χ0v) is 19.9. The van der Waals surface area contributed by atoms with E-state index in [4.69, 9.17) is 14.7 Å². The number of benzene rings is 1. The quantitative estimate of drug-likeness (QED) is 0.442. The maximum absolute atomic E-state index is 5.34. The predicted molar refractivity (Wildman–Crippen MR) is 132 cm³/mol. The molecule has 2 aromatic heterocycles. The number of fused-ring (bicyclic) bond motifs is 1. The van der Waals surface area contributed by atoms with Gasteiger partial charge < -0.3 is 14.5 Å². The lowest BCUT2D eigenvalue weighted by Gasteiger charge is -2.33. The molecule has 3 aromatic rings. The number of rotatable bonds is 10. The first-order valence-electron chi connectivity index (χ1n) is 11.6. The van der Waals surface area contributed by atoms with Crippen LogP contribution in [0, 0.1) is 0 Å². The lowest BCUT2D eigenvalue weighted by molar-refractivity contribution is 0.196. The van der Waals surface area contributed by atoms with Crippen LogP contribution in [0.3, 0.4) is 0 Å². The molecule has 0 fully saturated rings. The molecule has 3 heterocycles. The minimum absolute atomic E-state index is 0.724. The Morgan fingerprint density at radius 2 is 1.85 bits per heavy atom. The molecule has 0 saturated carbocycles. The Kier molecular flexibility index (Phi) is 7.86. The summed E-state index contributed by atoms with van der Waals surface area (Å²) in [6.45, 7) is 5.12. The Balaban J connectivity index is 1.64. The lowest BCUT2D eigenvalue weighted by atomic mass is 10.0. The smallest absolute Gasteiger partial charge is 0.227 e. The van der Waals surface area contributed by atoms with Gasteiger partial charge >= 0.3 is 0 Å². The highest BCUT2D eigenvalue weighted by molar-refractivity contribution is 5.54. The number of anilines is 2. The van der Waals surface area contributed by atoms with Crippen molar-refractivity contribution in [1.82, 2.24) is 19.9 Å². The highest BCUT2D eigenvalue weighted by Gasteiger charge is 2.26. The van der Waals surface area contributed by atoms with Crippen molar-refractivity contribution < 1.29 is 4.74 Å². The highest BCUT2D eigenvalue weighted by Crippen LogP contribution is 2.30. The van der Waals surface area contributed by atoms with E-state index in [1.54, 1.807) is 7.11 Å². The first-order valence-corrected chi connectivity index (χ1v) is 11.6. The van der Waals surface area contributed by atoms with Gasteiger partial charge in [-0.1, -0.05) is 36.4 Å². The molecule has 0 radical (unpaired) electrons. The van der Waals surface area contributed by atoms with Gasteiger partial charge in [0.1, 0.15) is 5.82 Å². The van der Waals surface area contributed by atoms with Gasteiger partial charge in [0.2, 0.25) is 5.95 Å². The Morgan fingerprint density at radius 3 is 2.58 bits per heavy atom. The van der Waals surface area contributed by atoms with Gasteiger partial charge in [-0.05, 0) is 30.0 Å². The van der Waals surface area contributed by atoms with E-state index in [0.717, 1.165) is 69.6 Å². The maximum Gasteiger partial charge on any atom is 0.227 e. The number of ether oxygens (including phenoxy) is 1. The molecule has 1 aliphatic rings. The number of methoxy groups -OCH3 is 1. The molecule has 7 heteroatoms. The molecule has 33 heavy (non-hydrogen) atoms. The van der Waals surface area contributed by atoms with Crippen molar-refractivity contribution in [2.75, 3.05) is 50.7 Å². The average Bonchev–Trinajstić information content (AvgIpc) is 2.84.